The van der Waals surface area contributed by atoms with Crippen LogP contribution in [0.1, 0.15) is 17.2 Å². The highest BCUT2D eigenvalue weighted by Gasteiger charge is 2.16. The van der Waals surface area contributed by atoms with E-state index in [0.717, 1.165) is 11.1 Å². The van der Waals surface area contributed by atoms with Crippen molar-refractivity contribution in [2.45, 2.75) is 12.6 Å². The summed E-state index contributed by atoms with van der Waals surface area (Å²) in [6.45, 7) is 0.485. The molecule has 0 aliphatic rings. The van der Waals surface area contributed by atoms with Gasteiger partial charge in [-0.15, -0.1) is 0 Å². The molecule has 26 heavy (non-hydrogen) atoms. The van der Waals surface area contributed by atoms with Crippen LogP contribution < -0.4 is 15.8 Å². The van der Waals surface area contributed by atoms with E-state index in [0.29, 0.717) is 18.0 Å². The SMILES string of the molecule is NC(=O)[C@@H](NCc1ccc(Oc2ccc(F)cc2)cc1)c1ccccc1. The maximum absolute atomic E-state index is 12.9. The van der Waals surface area contributed by atoms with Gasteiger partial charge in [-0.2, -0.15) is 0 Å². The molecule has 0 saturated heterocycles. The summed E-state index contributed by atoms with van der Waals surface area (Å²) in [6, 6.07) is 22.1. The van der Waals surface area contributed by atoms with Crippen LogP contribution in [0.25, 0.3) is 0 Å². The summed E-state index contributed by atoms with van der Waals surface area (Å²) in [7, 11) is 0. The fraction of sp³-hybridized carbons (Fsp3) is 0.0952. The number of hydrogen-bond donors (Lipinski definition) is 2. The number of nitrogens with two attached hydrogens (primary N) is 1. The Morgan fingerprint density at radius 1 is 0.923 bits per heavy atom. The summed E-state index contributed by atoms with van der Waals surface area (Å²) in [5.74, 6) is 0.485. The van der Waals surface area contributed by atoms with Gasteiger partial charge in [0.2, 0.25) is 5.91 Å². The number of amides is 1. The number of halogens is 1. The van der Waals surface area contributed by atoms with E-state index in [1.807, 2.05) is 54.6 Å². The van der Waals surface area contributed by atoms with Gasteiger partial charge in [0.1, 0.15) is 23.4 Å². The normalized spacial score (nSPS) is 11.7. The van der Waals surface area contributed by atoms with Gasteiger partial charge in [-0.25, -0.2) is 4.39 Å². The molecular weight excluding hydrogens is 331 g/mol. The van der Waals surface area contributed by atoms with Gasteiger partial charge in [-0.1, -0.05) is 42.5 Å². The average Bonchev–Trinajstić information content (AvgIpc) is 2.66. The monoisotopic (exact) mass is 350 g/mol. The maximum Gasteiger partial charge on any atom is 0.239 e. The van der Waals surface area contributed by atoms with Crippen molar-refractivity contribution in [3.05, 3.63) is 95.8 Å². The van der Waals surface area contributed by atoms with E-state index < -0.39 is 11.9 Å². The van der Waals surface area contributed by atoms with Crippen molar-refractivity contribution in [3.8, 4) is 11.5 Å². The fourth-order valence-electron chi connectivity index (χ4n) is 2.56. The minimum atomic E-state index is -0.550. The van der Waals surface area contributed by atoms with E-state index in [-0.39, 0.29) is 5.82 Å². The minimum Gasteiger partial charge on any atom is -0.457 e. The van der Waals surface area contributed by atoms with E-state index in [2.05, 4.69) is 5.32 Å². The molecule has 0 aliphatic carbocycles. The second-order valence-corrected chi connectivity index (χ2v) is 5.83. The standard InChI is InChI=1S/C21H19FN2O2/c22-17-8-12-19(13-9-17)26-18-10-6-15(7-11-18)14-24-20(21(23)25)16-4-2-1-3-5-16/h1-13,20,24H,14H2,(H2,23,25)/t20-/m0/s1. The van der Waals surface area contributed by atoms with Crippen LogP contribution in [0, 0.1) is 5.82 Å². The number of rotatable bonds is 7. The third-order valence-electron chi connectivity index (χ3n) is 3.90. The number of nitrogens with one attached hydrogen (secondary N) is 1. The number of ether oxygens (including phenoxy) is 1. The first-order valence-corrected chi connectivity index (χ1v) is 8.22. The van der Waals surface area contributed by atoms with Crippen LogP contribution in [0.2, 0.25) is 0 Å². The van der Waals surface area contributed by atoms with Crippen LogP contribution in [0.3, 0.4) is 0 Å². The van der Waals surface area contributed by atoms with Gasteiger partial charge in [0.15, 0.2) is 0 Å². The van der Waals surface area contributed by atoms with Crippen molar-refractivity contribution in [2.75, 3.05) is 0 Å². The molecule has 0 aliphatic heterocycles. The molecule has 4 nitrogen and oxygen atoms in total. The average molecular weight is 350 g/mol. The number of primary amides is 1. The van der Waals surface area contributed by atoms with E-state index in [1.54, 1.807) is 12.1 Å². The Morgan fingerprint density at radius 3 is 2.08 bits per heavy atom. The predicted octanol–water partition coefficient (Wildman–Crippen LogP) is 3.93. The molecule has 0 spiro atoms. The molecule has 0 heterocycles. The van der Waals surface area contributed by atoms with Gasteiger partial charge in [-0.3, -0.25) is 10.1 Å². The summed E-state index contributed by atoms with van der Waals surface area (Å²) in [4.78, 5) is 11.7. The van der Waals surface area contributed by atoms with Crippen molar-refractivity contribution in [1.29, 1.82) is 0 Å². The van der Waals surface area contributed by atoms with Crippen molar-refractivity contribution >= 4 is 5.91 Å². The molecule has 3 rings (SSSR count). The molecule has 132 valence electrons. The molecule has 5 heteroatoms. The highest BCUT2D eigenvalue weighted by molar-refractivity contribution is 5.81. The largest absolute Gasteiger partial charge is 0.457 e. The lowest BCUT2D eigenvalue weighted by Gasteiger charge is -2.16. The fourth-order valence-corrected chi connectivity index (χ4v) is 2.56. The van der Waals surface area contributed by atoms with Crippen molar-refractivity contribution in [2.24, 2.45) is 5.73 Å². The molecule has 0 saturated carbocycles. The lowest BCUT2D eigenvalue weighted by atomic mass is 10.1. The zero-order valence-electron chi connectivity index (χ0n) is 14.1. The first kappa shape index (κ1) is 17.6. The molecule has 0 unspecified atom stereocenters. The van der Waals surface area contributed by atoms with E-state index in [4.69, 9.17) is 10.5 Å². The van der Waals surface area contributed by atoms with Crippen molar-refractivity contribution < 1.29 is 13.9 Å². The third kappa shape index (κ3) is 4.68. The van der Waals surface area contributed by atoms with Crippen molar-refractivity contribution in [1.82, 2.24) is 5.32 Å². The molecule has 0 bridgehead atoms. The van der Waals surface area contributed by atoms with Gasteiger partial charge in [0.05, 0.1) is 0 Å². The molecule has 3 aromatic carbocycles. The Balaban J connectivity index is 1.61. The number of hydrogen-bond acceptors (Lipinski definition) is 3. The topological polar surface area (TPSA) is 64.4 Å². The molecule has 1 atom stereocenters. The summed E-state index contributed by atoms with van der Waals surface area (Å²) < 4.78 is 18.6. The number of carbonyl (C=O) groups is 1. The molecule has 0 fully saturated rings. The summed E-state index contributed by atoms with van der Waals surface area (Å²) in [6.07, 6.45) is 0. The van der Waals surface area contributed by atoms with Gasteiger partial charge < -0.3 is 10.5 Å². The minimum absolute atomic E-state index is 0.304. The zero-order valence-corrected chi connectivity index (χ0v) is 14.1. The summed E-state index contributed by atoms with van der Waals surface area (Å²) >= 11 is 0. The van der Waals surface area contributed by atoms with Crippen LogP contribution in [0.5, 0.6) is 11.5 Å². The van der Waals surface area contributed by atoms with Crippen molar-refractivity contribution in [3.63, 3.8) is 0 Å². The molecule has 3 N–H and O–H groups in total. The van der Waals surface area contributed by atoms with Crippen LogP contribution in [0.4, 0.5) is 4.39 Å². The Morgan fingerprint density at radius 2 is 1.50 bits per heavy atom. The van der Waals surface area contributed by atoms with Gasteiger partial charge >= 0.3 is 0 Å². The highest BCUT2D eigenvalue weighted by Crippen LogP contribution is 2.22. The zero-order chi connectivity index (χ0) is 18.4. The first-order chi connectivity index (χ1) is 12.6. The van der Waals surface area contributed by atoms with Gasteiger partial charge in [0.25, 0.3) is 0 Å². The molecule has 0 aromatic heterocycles. The van der Waals surface area contributed by atoms with E-state index in [1.165, 1.54) is 12.1 Å². The van der Waals surface area contributed by atoms with Crippen LogP contribution >= 0.6 is 0 Å². The predicted molar refractivity (Wildman–Crippen MR) is 98.1 cm³/mol. The van der Waals surface area contributed by atoms with Gasteiger partial charge in [-0.05, 0) is 47.5 Å². The lowest BCUT2D eigenvalue weighted by molar-refractivity contribution is -0.120. The maximum atomic E-state index is 12.9. The summed E-state index contributed by atoms with van der Waals surface area (Å²) in [5, 5.41) is 3.17. The molecule has 0 radical (unpaired) electrons. The Labute approximate surface area is 151 Å². The quantitative estimate of drug-likeness (QED) is 0.678. The van der Waals surface area contributed by atoms with Crippen LogP contribution in [0.15, 0.2) is 78.9 Å². The van der Waals surface area contributed by atoms with E-state index >= 15 is 0 Å². The second kappa shape index (κ2) is 8.27. The molecular formula is C21H19FN2O2. The molecule has 3 aromatic rings. The Hall–Kier alpha value is -3.18. The summed E-state index contributed by atoms with van der Waals surface area (Å²) in [5.41, 5.74) is 7.32. The molecule has 1 amide bonds. The Kier molecular flexibility index (Phi) is 5.61. The highest BCUT2D eigenvalue weighted by atomic mass is 19.1. The second-order valence-electron chi connectivity index (χ2n) is 5.83. The Bertz CT molecular complexity index is 849. The third-order valence-corrected chi connectivity index (χ3v) is 3.90. The first-order valence-electron chi connectivity index (χ1n) is 8.22. The lowest BCUT2D eigenvalue weighted by Crippen LogP contribution is -2.33. The van der Waals surface area contributed by atoms with Crippen LogP contribution in [-0.2, 0) is 11.3 Å². The smallest absolute Gasteiger partial charge is 0.239 e. The number of carbonyl (C=O) groups excluding carboxylic acids is 1. The van der Waals surface area contributed by atoms with Crippen LogP contribution in [-0.4, -0.2) is 5.91 Å². The van der Waals surface area contributed by atoms with Gasteiger partial charge in [0, 0.05) is 6.54 Å². The van der Waals surface area contributed by atoms with E-state index in [9.17, 15) is 9.18 Å². The number of benzene rings is 3.